The van der Waals surface area contributed by atoms with Crippen molar-refractivity contribution in [3.63, 3.8) is 0 Å². The van der Waals surface area contributed by atoms with Crippen molar-refractivity contribution >= 4 is 17.1 Å². The summed E-state index contributed by atoms with van der Waals surface area (Å²) in [6.07, 6.45) is 0.951. The van der Waals surface area contributed by atoms with Crippen molar-refractivity contribution in [1.29, 1.82) is 0 Å². The van der Waals surface area contributed by atoms with E-state index in [4.69, 9.17) is 0 Å². The van der Waals surface area contributed by atoms with Crippen LogP contribution in [0, 0.1) is 13.8 Å². The van der Waals surface area contributed by atoms with Gasteiger partial charge in [-0.25, -0.2) is 4.98 Å². The maximum absolute atomic E-state index is 11.9. The average Bonchev–Trinajstić information content (AvgIpc) is 2.59. The number of hydrogen-bond acceptors (Lipinski definition) is 3. The monoisotopic (exact) mass is 245 g/mol. The van der Waals surface area contributed by atoms with Gasteiger partial charge in [0, 0.05) is 11.3 Å². The fourth-order valence-electron chi connectivity index (χ4n) is 1.67. The number of aryl methyl sites for hydroxylation is 2. The first kappa shape index (κ1) is 12.0. The number of carbonyl (C=O) groups is 1. The quantitative estimate of drug-likeness (QED) is 0.828. The largest absolute Gasteiger partial charge is 0.299 e. The Kier molecular flexibility index (Phi) is 3.69. The van der Waals surface area contributed by atoms with E-state index < -0.39 is 0 Å². The Hall–Kier alpha value is -1.48. The molecule has 0 unspecified atom stereocenters. The molecular formula is C14H15NOS. The Morgan fingerprint density at radius 1 is 1.18 bits per heavy atom. The highest BCUT2D eigenvalue weighted by molar-refractivity contribution is 7.11. The second kappa shape index (κ2) is 5.23. The zero-order valence-electron chi connectivity index (χ0n) is 10.1. The van der Waals surface area contributed by atoms with Crippen LogP contribution in [0.1, 0.15) is 21.1 Å². The van der Waals surface area contributed by atoms with Crippen LogP contribution in [0.3, 0.4) is 0 Å². The summed E-state index contributed by atoms with van der Waals surface area (Å²) >= 11 is 1.62. The lowest BCUT2D eigenvalue weighted by Crippen LogP contribution is -2.06. The van der Waals surface area contributed by atoms with Crippen molar-refractivity contribution in [2.75, 3.05) is 0 Å². The lowest BCUT2D eigenvalue weighted by Gasteiger charge is -1.98. The maximum atomic E-state index is 11.9. The van der Waals surface area contributed by atoms with Crippen molar-refractivity contribution in [1.82, 2.24) is 4.98 Å². The summed E-state index contributed by atoms with van der Waals surface area (Å²) in [5.41, 5.74) is 2.11. The van der Waals surface area contributed by atoms with Gasteiger partial charge in [0.1, 0.15) is 10.8 Å². The Labute approximate surface area is 105 Å². The van der Waals surface area contributed by atoms with Gasteiger partial charge in [-0.3, -0.25) is 4.79 Å². The molecular weight excluding hydrogens is 230 g/mol. The van der Waals surface area contributed by atoms with E-state index in [0.717, 1.165) is 16.3 Å². The third-order valence-electron chi connectivity index (χ3n) is 2.67. The number of ketones is 1. The molecule has 1 aromatic heterocycles. The van der Waals surface area contributed by atoms with Gasteiger partial charge >= 0.3 is 0 Å². The van der Waals surface area contributed by atoms with Crippen LogP contribution >= 0.6 is 11.3 Å². The van der Waals surface area contributed by atoms with E-state index in [2.05, 4.69) is 4.98 Å². The Morgan fingerprint density at radius 3 is 2.47 bits per heavy atom. The predicted molar refractivity (Wildman–Crippen MR) is 70.4 cm³/mol. The Morgan fingerprint density at radius 2 is 1.88 bits per heavy atom. The minimum absolute atomic E-state index is 0.227. The van der Waals surface area contributed by atoms with Crippen molar-refractivity contribution in [2.45, 2.75) is 26.7 Å². The lowest BCUT2D eigenvalue weighted by atomic mass is 10.1. The fourth-order valence-corrected chi connectivity index (χ4v) is 2.63. The molecule has 17 heavy (non-hydrogen) atoms. The molecule has 0 spiro atoms. The first-order chi connectivity index (χ1) is 8.15. The van der Waals surface area contributed by atoms with Gasteiger partial charge in [0.2, 0.25) is 0 Å². The SMILES string of the molecule is Cc1nc(CC(=O)Cc2ccccc2)sc1C. The van der Waals surface area contributed by atoms with E-state index in [1.165, 1.54) is 4.88 Å². The third-order valence-corrected chi connectivity index (χ3v) is 3.74. The summed E-state index contributed by atoms with van der Waals surface area (Å²) in [6, 6.07) is 9.84. The maximum Gasteiger partial charge on any atom is 0.144 e. The van der Waals surface area contributed by atoms with Crippen molar-refractivity contribution in [2.24, 2.45) is 0 Å². The van der Waals surface area contributed by atoms with Crippen LogP contribution < -0.4 is 0 Å². The second-order valence-corrected chi connectivity index (χ2v) is 5.41. The minimum Gasteiger partial charge on any atom is -0.299 e. The number of hydrogen-bond donors (Lipinski definition) is 0. The standard InChI is InChI=1S/C14H15NOS/c1-10-11(2)17-14(15-10)9-13(16)8-12-6-4-3-5-7-12/h3-7H,8-9H2,1-2H3. The topological polar surface area (TPSA) is 30.0 Å². The molecule has 0 radical (unpaired) electrons. The molecule has 0 fully saturated rings. The summed E-state index contributed by atoms with van der Waals surface area (Å²) in [5, 5.41) is 0.931. The molecule has 0 aliphatic rings. The summed E-state index contributed by atoms with van der Waals surface area (Å²) < 4.78 is 0. The second-order valence-electron chi connectivity index (χ2n) is 4.13. The van der Waals surface area contributed by atoms with E-state index >= 15 is 0 Å². The highest BCUT2D eigenvalue weighted by Gasteiger charge is 2.09. The van der Waals surface area contributed by atoms with E-state index in [1.807, 2.05) is 44.2 Å². The molecule has 0 aliphatic heterocycles. The number of carbonyl (C=O) groups excluding carboxylic acids is 1. The van der Waals surface area contributed by atoms with E-state index in [-0.39, 0.29) is 5.78 Å². The van der Waals surface area contributed by atoms with Crippen LogP contribution in [0.25, 0.3) is 0 Å². The Balaban J connectivity index is 1.98. The number of benzene rings is 1. The first-order valence-corrected chi connectivity index (χ1v) is 6.45. The van der Waals surface area contributed by atoms with E-state index in [1.54, 1.807) is 11.3 Å². The normalized spacial score (nSPS) is 10.5. The zero-order chi connectivity index (χ0) is 12.3. The van der Waals surface area contributed by atoms with E-state index in [9.17, 15) is 4.79 Å². The molecule has 2 nitrogen and oxygen atoms in total. The highest BCUT2D eigenvalue weighted by Crippen LogP contribution is 2.17. The van der Waals surface area contributed by atoms with Crippen LogP contribution in [0.15, 0.2) is 30.3 Å². The highest BCUT2D eigenvalue weighted by atomic mass is 32.1. The van der Waals surface area contributed by atoms with E-state index in [0.29, 0.717) is 12.8 Å². The van der Waals surface area contributed by atoms with Crippen molar-refractivity contribution < 1.29 is 4.79 Å². The van der Waals surface area contributed by atoms with Gasteiger partial charge in [-0.15, -0.1) is 11.3 Å². The number of nitrogens with zero attached hydrogens (tertiary/aromatic N) is 1. The van der Waals surface area contributed by atoms with Gasteiger partial charge in [0.05, 0.1) is 12.1 Å². The van der Waals surface area contributed by atoms with Gasteiger partial charge in [-0.05, 0) is 19.4 Å². The molecule has 3 heteroatoms. The molecule has 0 saturated heterocycles. The van der Waals surface area contributed by atoms with Gasteiger partial charge in [-0.2, -0.15) is 0 Å². The van der Waals surface area contributed by atoms with Crippen LogP contribution in [-0.4, -0.2) is 10.8 Å². The van der Waals surface area contributed by atoms with Gasteiger partial charge in [0.15, 0.2) is 0 Å². The summed E-state index contributed by atoms with van der Waals surface area (Å²) in [6.45, 7) is 4.02. The first-order valence-electron chi connectivity index (χ1n) is 5.63. The molecule has 0 bridgehead atoms. The number of thiazole rings is 1. The molecule has 2 aromatic rings. The smallest absolute Gasteiger partial charge is 0.144 e. The fraction of sp³-hybridized carbons (Fsp3) is 0.286. The lowest BCUT2D eigenvalue weighted by molar-refractivity contribution is -0.117. The predicted octanol–water partition coefficient (Wildman–Crippen LogP) is 3.11. The van der Waals surface area contributed by atoms with Crippen LogP contribution in [0.5, 0.6) is 0 Å². The molecule has 1 heterocycles. The minimum atomic E-state index is 0.227. The number of aromatic nitrogens is 1. The summed E-state index contributed by atoms with van der Waals surface area (Å²) in [5.74, 6) is 0.227. The van der Waals surface area contributed by atoms with Crippen molar-refractivity contribution in [3.8, 4) is 0 Å². The van der Waals surface area contributed by atoms with Crippen LogP contribution in [0.4, 0.5) is 0 Å². The third kappa shape index (κ3) is 3.24. The molecule has 0 N–H and O–H groups in total. The number of Topliss-reactive ketones (excluding diaryl/α,β-unsaturated/α-hetero) is 1. The number of rotatable bonds is 4. The van der Waals surface area contributed by atoms with Gasteiger partial charge in [-0.1, -0.05) is 30.3 Å². The van der Waals surface area contributed by atoms with Crippen molar-refractivity contribution in [3.05, 3.63) is 51.5 Å². The van der Waals surface area contributed by atoms with Gasteiger partial charge < -0.3 is 0 Å². The average molecular weight is 245 g/mol. The Bertz CT molecular complexity index is 497. The molecule has 0 aliphatic carbocycles. The molecule has 2 rings (SSSR count). The molecule has 0 atom stereocenters. The summed E-state index contributed by atoms with van der Waals surface area (Å²) in [7, 11) is 0. The molecule has 1 aromatic carbocycles. The molecule has 0 amide bonds. The molecule has 88 valence electrons. The zero-order valence-corrected chi connectivity index (χ0v) is 10.9. The summed E-state index contributed by atoms with van der Waals surface area (Å²) in [4.78, 5) is 17.5. The molecule has 0 saturated carbocycles. The van der Waals surface area contributed by atoms with Crippen LogP contribution in [0.2, 0.25) is 0 Å². The van der Waals surface area contributed by atoms with Crippen LogP contribution in [-0.2, 0) is 17.6 Å². The van der Waals surface area contributed by atoms with Gasteiger partial charge in [0.25, 0.3) is 0 Å².